The molecule has 0 unspecified atom stereocenters. The summed E-state index contributed by atoms with van der Waals surface area (Å²) in [5, 5.41) is 21.9. The van der Waals surface area contributed by atoms with Crippen LogP contribution < -0.4 is 14.8 Å². The van der Waals surface area contributed by atoms with Crippen molar-refractivity contribution in [3.63, 3.8) is 0 Å². The number of phenolic OH excluding ortho intramolecular Hbond substituents is 1. The van der Waals surface area contributed by atoms with Crippen LogP contribution in [0.4, 0.5) is 10.5 Å². The average Bonchev–Trinajstić information content (AvgIpc) is 3.24. The molecule has 9 nitrogen and oxygen atoms in total. The van der Waals surface area contributed by atoms with Gasteiger partial charge >= 0.3 is 12.1 Å². The number of nitrogens with one attached hydrogen (secondary N) is 1. The number of carbonyl (C=O) groups is 2. The fraction of sp³-hybridized carbons (Fsp3) is 0.304. The predicted molar refractivity (Wildman–Crippen MR) is 123 cm³/mol. The molecule has 0 radical (unpaired) electrons. The van der Waals surface area contributed by atoms with Gasteiger partial charge in [-0.3, -0.25) is 5.32 Å². The lowest BCUT2D eigenvalue weighted by Crippen LogP contribution is -2.29. The number of aliphatic carboxylic acids is 1. The number of phenols is 1. The minimum Gasteiger partial charge on any atom is -0.508 e. The fourth-order valence-electron chi connectivity index (χ4n) is 3.31. The number of anilines is 1. The van der Waals surface area contributed by atoms with Crippen LogP contribution in [0.5, 0.6) is 17.2 Å². The lowest BCUT2D eigenvalue weighted by Gasteiger charge is -2.28. The van der Waals surface area contributed by atoms with Crippen molar-refractivity contribution in [3.8, 4) is 17.2 Å². The third-order valence-corrected chi connectivity index (χ3v) is 5.24. The molecule has 3 rings (SSSR count). The van der Waals surface area contributed by atoms with E-state index in [2.05, 4.69) is 21.2 Å². The molecule has 0 bridgehead atoms. The third-order valence-electron chi connectivity index (χ3n) is 4.75. The van der Waals surface area contributed by atoms with Crippen LogP contribution >= 0.6 is 15.9 Å². The summed E-state index contributed by atoms with van der Waals surface area (Å²) in [6.07, 6.45) is 0.900. The number of amides is 1. The highest BCUT2D eigenvalue weighted by Gasteiger charge is 2.30. The number of hydrogen-bond acceptors (Lipinski definition) is 7. The number of halogens is 1. The van der Waals surface area contributed by atoms with Gasteiger partial charge in [-0.05, 0) is 50.1 Å². The van der Waals surface area contributed by atoms with Crippen LogP contribution in [0, 0.1) is 0 Å². The first-order valence-corrected chi connectivity index (χ1v) is 11.0. The van der Waals surface area contributed by atoms with E-state index in [1.165, 1.54) is 12.1 Å². The predicted octanol–water partition coefficient (Wildman–Crippen LogP) is 5.00. The molecule has 0 fully saturated rings. The molecule has 3 N–H and O–H groups in total. The Bertz CT molecular complexity index is 1030. The standard InChI is InChI=1S/C23H24BrNO8/c1-2-30-19(5-3-4-6-21(27)28)22(16-11-14(24)7-9-17(16)26)33-23(29)25-15-8-10-18-20(12-15)32-13-31-18/h4,6-12,19,22,26H,2-3,5,13H2,1H3,(H,25,29)(H,27,28)/b6-4+/t19-,22-/m1/s1. The van der Waals surface area contributed by atoms with Crippen molar-refractivity contribution in [2.24, 2.45) is 0 Å². The summed E-state index contributed by atoms with van der Waals surface area (Å²) in [6.45, 7) is 2.23. The number of hydrogen-bond donors (Lipinski definition) is 3. The summed E-state index contributed by atoms with van der Waals surface area (Å²) in [7, 11) is 0. The van der Waals surface area contributed by atoms with Crippen LogP contribution in [-0.4, -0.2) is 41.8 Å². The van der Waals surface area contributed by atoms with Gasteiger partial charge in [0.1, 0.15) is 5.75 Å². The normalized spacial score (nSPS) is 14.1. The van der Waals surface area contributed by atoms with Crippen molar-refractivity contribution in [3.05, 3.63) is 58.6 Å². The van der Waals surface area contributed by atoms with Crippen LogP contribution in [0.15, 0.2) is 53.0 Å². The van der Waals surface area contributed by atoms with Crippen LogP contribution in [-0.2, 0) is 14.3 Å². The van der Waals surface area contributed by atoms with Gasteiger partial charge in [0.05, 0.1) is 6.10 Å². The maximum Gasteiger partial charge on any atom is 0.412 e. The highest BCUT2D eigenvalue weighted by Crippen LogP contribution is 2.36. The van der Waals surface area contributed by atoms with Gasteiger partial charge in [0, 0.05) is 34.5 Å². The SMILES string of the molecule is CCO[C@H](CC/C=C/C(=O)O)[C@H](OC(=O)Nc1ccc2c(c1)OCO2)c1cc(Br)ccc1O. The molecule has 1 heterocycles. The number of carboxylic acid groups (broad SMARTS) is 1. The summed E-state index contributed by atoms with van der Waals surface area (Å²) in [4.78, 5) is 23.5. The first kappa shape index (κ1) is 24.4. The minimum atomic E-state index is -1.05. The van der Waals surface area contributed by atoms with Gasteiger partial charge in [-0.15, -0.1) is 0 Å². The second-order valence-corrected chi connectivity index (χ2v) is 7.95. The van der Waals surface area contributed by atoms with Crippen molar-refractivity contribution in [2.75, 3.05) is 18.7 Å². The number of fused-ring (bicyclic) bond motifs is 1. The Morgan fingerprint density at radius 3 is 2.76 bits per heavy atom. The Kier molecular flexibility index (Phi) is 8.56. The number of ether oxygens (including phenoxy) is 4. The van der Waals surface area contributed by atoms with Crippen molar-refractivity contribution in [2.45, 2.75) is 32.0 Å². The van der Waals surface area contributed by atoms with E-state index in [4.69, 9.17) is 24.1 Å². The molecular formula is C23H24BrNO8. The Balaban J connectivity index is 1.81. The molecule has 0 saturated heterocycles. The van der Waals surface area contributed by atoms with Crippen LogP contribution in [0.2, 0.25) is 0 Å². The monoisotopic (exact) mass is 521 g/mol. The number of carbonyl (C=O) groups excluding carboxylic acids is 1. The van der Waals surface area contributed by atoms with Crippen LogP contribution in [0.25, 0.3) is 0 Å². The van der Waals surface area contributed by atoms with Gasteiger partial charge in [0.15, 0.2) is 17.6 Å². The van der Waals surface area contributed by atoms with Gasteiger partial charge in [0.25, 0.3) is 0 Å². The molecule has 33 heavy (non-hydrogen) atoms. The molecule has 2 aromatic rings. The Morgan fingerprint density at radius 2 is 2.00 bits per heavy atom. The molecule has 0 saturated carbocycles. The Morgan fingerprint density at radius 1 is 1.21 bits per heavy atom. The van der Waals surface area contributed by atoms with E-state index >= 15 is 0 Å². The van der Waals surface area contributed by atoms with E-state index in [-0.39, 0.29) is 12.5 Å². The van der Waals surface area contributed by atoms with Crippen molar-refractivity contribution < 1.29 is 38.7 Å². The summed E-state index contributed by atoms with van der Waals surface area (Å²) in [5.74, 6) is -0.0311. The second kappa shape index (κ2) is 11.6. The molecule has 0 aromatic heterocycles. The number of aromatic hydroxyl groups is 1. The van der Waals surface area contributed by atoms with E-state index in [9.17, 15) is 14.7 Å². The second-order valence-electron chi connectivity index (χ2n) is 7.03. The molecular weight excluding hydrogens is 498 g/mol. The lowest BCUT2D eigenvalue weighted by molar-refractivity contribution is -0.131. The first-order chi connectivity index (χ1) is 15.9. The number of allylic oxidation sites excluding steroid dienone is 1. The maximum atomic E-state index is 12.8. The van der Waals surface area contributed by atoms with E-state index in [0.29, 0.717) is 46.7 Å². The highest BCUT2D eigenvalue weighted by molar-refractivity contribution is 9.10. The van der Waals surface area contributed by atoms with E-state index < -0.39 is 24.3 Å². The zero-order valence-electron chi connectivity index (χ0n) is 17.8. The van der Waals surface area contributed by atoms with E-state index in [1.807, 2.05) is 0 Å². The zero-order chi connectivity index (χ0) is 23.8. The van der Waals surface area contributed by atoms with E-state index in [1.54, 1.807) is 37.3 Å². The molecule has 2 aromatic carbocycles. The van der Waals surface area contributed by atoms with Gasteiger partial charge in [-0.2, -0.15) is 0 Å². The van der Waals surface area contributed by atoms with Crippen LogP contribution in [0.3, 0.4) is 0 Å². The summed E-state index contributed by atoms with van der Waals surface area (Å²) >= 11 is 3.37. The number of carboxylic acids is 1. The quantitative estimate of drug-likeness (QED) is 0.373. The van der Waals surface area contributed by atoms with E-state index in [0.717, 1.165) is 6.08 Å². The Hall–Kier alpha value is -3.24. The molecule has 176 valence electrons. The number of rotatable bonds is 10. The third kappa shape index (κ3) is 6.87. The number of benzene rings is 2. The molecule has 0 aliphatic carbocycles. The van der Waals surface area contributed by atoms with Crippen molar-refractivity contribution in [1.82, 2.24) is 0 Å². The largest absolute Gasteiger partial charge is 0.508 e. The average molecular weight is 522 g/mol. The first-order valence-electron chi connectivity index (χ1n) is 10.2. The fourth-order valence-corrected chi connectivity index (χ4v) is 3.69. The smallest absolute Gasteiger partial charge is 0.412 e. The minimum absolute atomic E-state index is 0.0649. The molecule has 1 aliphatic heterocycles. The summed E-state index contributed by atoms with van der Waals surface area (Å²) < 4.78 is 22.8. The van der Waals surface area contributed by atoms with Gasteiger partial charge < -0.3 is 29.2 Å². The zero-order valence-corrected chi connectivity index (χ0v) is 19.4. The molecule has 0 spiro atoms. The lowest BCUT2D eigenvalue weighted by atomic mass is 9.99. The summed E-state index contributed by atoms with van der Waals surface area (Å²) in [5.41, 5.74) is 0.796. The van der Waals surface area contributed by atoms with Gasteiger partial charge in [0.2, 0.25) is 6.79 Å². The molecule has 2 atom stereocenters. The summed E-state index contributed by atoms with van der Waals surface area (Å²) in [6, 6.07) is 9.73. The Labute approximate surface area is 199 Å². The van der Waals surface area contributed by atoms with Gasteiger partial charge in [-0.25, -0.2) is 9.59 Å². The van der Waals surface area contributed by atoms with Gasteiger partial charge in [-0.1, -0.05) is 22.0 Å². The topological polar surface area (TPSA) is 124 Å². The highest BCUT2D eigenvalue weighted by atomic mass is 79.9. The van der Waals surface area contributed by atoms with Crippen LogP contribution in [0.1, 0.15) is 31.4 Å². The molecule has 1 aliphatic rings. The molecule has 1 amide bonds. The molecule has 10 heteroatoms. The van der Waals surface area contributed by atoms with Crippen molar-refractivity contribution >= 4 is 33.7 Å². The maximum absolute atomic E-state index is 12.8. The van der Waals surface area contributed by atoms with Crippen molar-refractivity contribution in [1.29, 1.82) is 0 Å².